The fourth-order valence-electron chi connectivity index (χ4n) is 3.83. The van der Waals surface area contributed by atoms with Gasteiger partial charge in [-0.2, -0.15) is 0 Å². The lowest BCUT2D eigenvalue weighted by atomic mass is 10.0. The third-order valence-corrected chi connectivity index (χ3v) is 5.21. The van der Waals surface area contributed by atoms with Crippen LogP contribution in [-0.2, 0) is 6.42 Å². The average Bonchev–Trinajstić information content (AvgIpc) is 2.88. The van der Waals surface area contributed by atoms with E-state index in [9.17, 15) is 0 Å². The molecule has 0 bridgehead atoms. The highest BCUT2D eigenvalue weighted by atomic mass is 15.5. The molecule has 0 unspecified atom stereocenters. The number of rotatable bonds is 4. The molecule has 0 saturated carbocycles. The summed E-state index contributed by atoms with van der Waals surface area (Å²) in [6.07, 6.45) is 8.30. The molecule has 1 aromatic carbocycles. The molecular formula is C23H22N6. The standard InChI is InChI=1S/C23H22N6/c1-16-4-2-5-17(12-16)7-11-27-29-14-20-18-8-10-24-13-21(18)28-23-19(6-3-9-25-23)22(20)26-15-29/h2-6,8-10,12-13,15,27H,7,11,14H2,1H3,(H,25,28). The van der Waals surface area contributed by atoms with Crippen LogP contribution in [0.3, 0.4) is 0 Å². The van der Waals surface area contributed by atoms with Gasteiger partial charge in [0.2, 0.25) is 0 Å². The number of hydrogen-bond donors (Lipinski definition) is 2. The summed E-state index contributed by atoms with van der Waals surface area (Å²) in [6.45, 7) is 3.69. The van der Waals surface area contributed by atoms with Gasteiger partial charge in [0.15, 0.2) is 0 Å². The summed E-state index contributed by atoms with van der Waals surface area (Å²) in [5.41, 5.74) is 11.3. The van der Waals surface area contributed by atoms with Gasteiger partial charge in [0, 0.05) is 35.6 Å². The van der Waals surface area contributed by atoms with Gasteiger partial charge >= 0.3 is 0 Å². The second kappa shape index (κ2) is 7.48. The molecule has 0 radical (unpaired) electrons. The molecule has 29 heavy (non-hydrogen) atoms. The van der Waals surface area contributed by atoms with Crippen LogP contribution in [0.15, 0.2) is 66.0 Å². The number of fused-ring (bicyclic) bond motifs is 4. The molecule has 5 rings (SSSR count). The Balaban J connectivity index is 1.39. The zero-order valence-corrected chi connectivity index (χ0v) is 16.3. The fourth-order valence-corrected chi connectivity index (χ4v) is 3.83. The molecular weight excluding hydrogens is 360 g/mol. The van der Waals surface area contributed by atoms with Crippen LogP contribution in [0.1, 0.15) is 22.3 Å². The SMILES string of the molecule is Cc1cccc(CCNN2C=NC3=C(C2)c2ccncc2Nc2ncccc23)c1. The van der Waals surface area contributed by atoms with Crippen molar-refractivity contribution in [3.05, 3.63) is 83.3 Å². The molecule has 0 atom stereocenters. The molecule has 0 saturated heterocycles. The predicted molar refractivity (Wildman–Crippen MR) is 117 cm³/mol. The quantitative estimate of drug-likeness (QED) is 0.718. The number of nitrogens with zero attached hydrogens (tertiary/aromatic N) is 4. The Hall–Kier alpha value is -3.51. The maximum atomic E-state index is 4.79. The number of anilines is 2. The first-order valence-electron chi connectivity index (χ1n) is 9.78. The minimum absolute atomic E-state index is 0.722. The minimum Gasteiger partial charge on any atom is -0.338 e. The first kappa shape index (κ1) is 17.6. The van der Waals surface area contributed by atoms with Crippen LogP contribution in [-0.4, -0.2) is 34.4 Å². The predicted octanol–water partition coefficient (Wildman–Crippen LogP) is 3.80. The molecule has 0 spiro atoms. The number of aromatic nitrogens is 2. The maximum absolute atomic E-state index is 4.79. The van der Waals surface area contributed by atoms with E-state index in [4.69, 9.17) is 4.99 Å². The molecule has 6 nitrogen and oxygen atoms in total. The van der Waals surface area contributed by atoms with Gasteiger partial charge < -0.3 is 5.32 Å². The van der Waals surface area contributed by atoms with Crippen molar-refractivity contribution in [2.75, 3.05) is 18.4 Å². The van der Waals surface area contributed by atoms with E-state index in [0.717, 1.165) is 53.4 Å². The first-order valence-corrected chi connectivity index (χ1v) is 9.78. The van der Waals surface area contributed by atoms with Gasteiger partial charge in [-0.1, -0.05) is 29.8 Å². The molecule has 0 fully saturated rings. The second-order valence-corrected chi connectivity index (χ2v) is 7.29. The summed E-state index contributed by atoms with van der Waals surface area (Å²) < 4.78 is 0. The monoisotopic (exact) mass is 382 g/mol. The molecule has 2 aliphatic heterocycles. The number of pyridine rings is 2. The maximum Gasteiger partial charge on any atom is 0.139 e. The lowest BCUT2D eigenvalue weighted by Crippen LogP contribution is -2.40. The van der Waals surface area contributed by atoms with Crippen LogP contribution in [0.4, 0.5) is 11.5 Å². The van der Waals surface area contributed by atoms with Gasteiger partial charge in [0.25, 0.3) is 0 Å². The highest BCUT2D eigenvalue weighted by Gasteiger charge is 2.25. The van der Waals surface area contributed by atoms with E-state index in [-0.39, 0.29) is 0 Å². The van der Waals surface area contributed by atoms with Crippen molar-refractivity contribution >= 4 is 29.1 Å². The van der Waals surface area contributed by atoms with E-state index in [1.807, 2.05) is 30.9 Å². The molecule has 0 aliphatic carbocycles. The molecule has 144 valence electrons. The van der Waals surface area contributed by atoms with Gasteiger partial charge in [-0.3, -0.25) is 9.99 Å². The van der Waals surface area contributed by atoms with Gasteiger partial charge in [0.05, 0.1) is 24.1 Å². The normalized spacial score (nSPS) is 14.6. The summed E-state index contributed by atoms with van der Waals surface area (Å²) in [5.74, 6) is 0.810. The van der Waals surface area contributed by atoms with Crippen LogP contribution in [0.25, 0.3) is 11.3 Å². The van der Waals surface area contributed by atoms with Crippen molar-refractivity contribution in [2.45, 2.75) is 13.3 Å². The highest BCUT2D eigenvalue weighted by molar-refractivity contribution is 6.03. The summed E-state index contributed by atoms with van der Waals surface area (Å²) in [6, 6.07) is 14.7. The number of aryl methyl sites for hydroxylation is 1. The Kier molecular flexibility index (Phi) is 4.54. The zero-order chi connectivity index (χ0) is 19.6. The number of nitrogens with one attached hydrogen (secondary N) is 2. The van der Waals surface area contributed by atoms with E-state index >= 15 is 0 Å². The van der Waals surface area contributed by atoms with Gasteiger partial charge in [-0.05, 0) is 37.1 Å². The van der Waals surface area contributed by atoms with Crippen LogP contribution >= 0.6 is 0 Å². The van der Waals surface area contributed by atoms with Crippen molar-refractivity contribution in [1.29, 1.82) is 0 Å². The number of benzene rings is 1. The highest BCUT2D eigenvalue weighted by Crippen LogP contribution is 2.40. The average molecular weight is 382 g/mol. The molecule has 0 amide bonds. The van der Waals surface area contributed by atoms with Gasteiger partial charge in [-0.25, -0.2) is 15.4 Å². The molecule has 2 aliphatic rings. The topological polar surface area (TPSA) is 65.4 Å². The van der Waals surface area contributed by atoms with Crippen molar-refractivity contribution < 1.29 is 0 Å². The summed E-state index contributed by atoms with van der Waals surface area (Å²) in [7, 11) is 0. The van der Waals surface area contributed by atoms with Crippen molar-refractivity contribution in [3.63, 3.8) is 0 Å². The van der Waals surface area contributed by atoms with E-state index in [0.29, 0.717) is 0 Å². The lowest BCUT2D eigenvalue weighted by Gasteiger charge is -2.27. The first-order chi connectivity index (χ1) is 14.3. The zero-order valence-electron chi connectivity index (χ0n) is 16.3. The summed E-state index contributed by atoms with van der Waals surface area (Å²) >= 11 is 0. The van der Waals surface area contributed by atoms with E-state index in [1.54, 1.807) is 6.20 Å². The van der Waals surface area contributed by atoms with Crippen molar-refractivity contribution in [1.82, 2.24) is 20.4 Å². The van der Waals surface area contributed by atoms with Crippen molar-refractivity contribution in [2.24, 2.45) is 4.99 Å². The van der Waals surface area contributed by atoms with Crippen LogP contribution in [0.2, 0.25) is 0 Å². The molecule has 2 aromatic heterocycles. The van der Waals surface area contributed by atoms with Crippen LogP contribution in [0, 0.1) is 6.92 Å². The molecule has 4 heterocycles. The Morgan fingerprint density at radius 3 is 3.00 bits per heavy atom. The smallest absolute Gasteiger partial charge is 0.139 e. The van der Waals surface area contributed by atoms with Gasteiger partial charge in [0.1, 0.15) is 12.2 Å². The molecule has 3 aromatic rings. The summed E-state index contributed by atoms with van der Waals surface area (Å²) in [4.78, 5) is 13.6. The third kappa shape index (κ3) is 3.50. The summed E-state index contributed by atoms with van der Waals surface area (Å²) in [5, 5.41) is 5.47. The Labute approximate surface area is 170 Å². The molecule has 6 heteroatoms. The number of hydrogen-bond acceptors (Lipinski definition) is 6. The second-order valence-electron chi connectivity index (χ2n) is 7.29. The largest absolute Gasteiger partial charge is 0.338 e. The number of hydrazine groups is 1. The Morgan fingerprint density at radius 1 is 1.10 bits per heavy atom. The Bertz CT molecular complexity index is 1120. The lowest BCUT2D eigenvalue weighted by molar-refractivity contribution is 0.351. The van der Waals surface area contributed by atoms with Crippen molar-refractivity contribution in [3.8, 4) is 0 Å². The Morgan fingerprint density at radius 2 is 2.07 bits per heavy atom. The fraction of sp³-hybridized carbons (Fsp3) is 0.174. The van der Waals surface area contributed by atoms with E-state index in [2.05, 4.69) is 63.0 Å². The minimum atomic E-state index is 0.722. The van der Waals surface area contributed by atoms with Crippen LogP contribution in [0.5, 0.6) is 0 Å². The molecule has 2 N–H and O–H groups in total. The third-order valence-electron chi connectivity index (χ3n) is 5.21. The number of aliphatic imine (C=N–C) groups is 1. The van der Waals surface area contributed by atoms with Crippen LogP contribution < -0.4 is 10.7 Å². The van der Waals surface area contributed by atoms with E-state index < -0.39 is 0 Å². The van der Waals surface area contributed by atoms with E-state index in [1.165, 1.54) is 11.1 Å². The van der Waals surface area contributed by atoms with Gasteiger partial charge in [-0.15, -0.1) is 0 Å².